The van der Waals surface area contributed by atoms with Crippen molar-refractivity contribution in [3.63, 3.8) is 0 Å². The van der Waals surface area contributed by atoms with Gasteiger partial charge in [-0.25, -0.2) is 9.59 Å². The Morgan fingerprint density at radius 2 is 1.93 bits per heavy atom. The lowest BCUT2D eigenvalue weighted by Gasteiger charge is -2.26. The lowest BCUT2D eigenvalue weighted by molar-refractivity contribution is -0.135. The van der Waals surface area contributed by atoms with E-state index in [-0.39, 0.29) is 17.4 Å². The second-order valence-corrected chi connectivity index (χ2v) is 7.95. The molecule has 0 amide bonds. The summed E-state index contributed by atoms with van der Waals surface area (Å²) in [6, 6.07) is 9.33. The first kappa shape index (κ1) is 18.6. The summed E-state index contributed by atoms with van der Waals surface area (Å²) in [4.78, 5) is 31.5. The predicted molar refractivity (Wildman–Crippen MR) is 104 cm³/mol. The number of rotatable bonds is 5. The third-order valence-electron chi connectivity index (χ3n) is 5.46. The summed E-state index contributed by atoms with van der Waals surface area (Å²) in [5.41, 5.74) is 0.895. The fourth-order valence-corrected chi connectivity index (χ4v) is 5.04. The van der Waals surface area contributed by atoms with Crippen LogP contribution < -0.4 is 4.90 Å². The van der Waals surface area contributed by atoms with Crippen LogP contribution in [0.5, 0.6) is 0 Å². The van der Waals surface area contributed by atoms with Gasteiger partial charge < -0.3 is 15.1 Å². The molecule has 28 heavy (non-hydrogen) atoms. The first-order chi connectivity index (χ1) is 13.4. The van der Waals surface area contributed by atoms with Crippen LogP contribution in [0, 0.1) is 11.8 Å². The fraction of sp³-hybridized carbons (Fsp3) is 0.368. The van der Waals surface area contributed by atoms with Crippen molar-refractivity contribution in [2.75, 3.05) is 31.6 Å². The van der Waals surface area contributed by atoms with E-state index in [4.69, 9.17) is 5.11 Å². The molecule has 2 fully saturated rings. The van der Waals surface area contributed by atoms with Crippen LogP contribution in [0.3, 0.4) is 0 Å². The van der Waals surface area contributed by atoms with Crippen LogP contribution in [0.25, 0.3) is 11.4 Å². The van der Waals surface area contributed by atoms with E-state index in [1.165, 1.54) is 11.5 Å². The van der Waals surface area contributed by atoms with Gasteiger partial charge in [-0.2, -0.15) is 9.36 Å². The first-order valence-corrected chi connectivity index (χ1v) is 9.73. The van der Waals surface area contributed by atoms with Gasteiger partial charge in [-0.05, 0) is 13.0 Å². The monoisotopic (exact) mass is 400 g/mol. The molecular formula is C19H20N4O4S. The van der Waals surface area contributed by atoms with E-state index in [1.807, 2.05) is 42.3 Å². The Balaban J connectivity index is 1.56. The summed E-state index contributed by atoms with van der Waals surface area (Å²) in [6.07, 6.45) is 0.826. The van der Waals surface area contributed by atoms with E-state index in [1.54, 1.807) is 0 Å². The molecular weight excluding hydrogens is 380 g/mol. The number of fused-ring (bicyclic) bond motifs is 1. The molecule has 0 radical (unpaired) electrons. The minimum Gasteiger partial charge on any atom is -0.478 e. The van der Waals surface area contributed by atoms with Gasteiger partial charge >= 0.3 is 11.9 Å². The Hall–Kier alpha value is -2.78. The number of hydrogen-bond acceptors (Lipinski definition) is 7. The van der Waals surface area contributed by atoms with Crippen LogP contribution in [0.4, 0.5) is 5.13 Å². The summed E-state index contributed by atoms with van der Waals surface area (Å²) >= 11 is 1.33. The Labute approximate surface area is 165 Å². The van der Waals surface area contributed by atoms with Crippen molar-refractivity contribution < 1.29 is 19.8 Å². The number of aliphatic carboxylic acids is 2. The Bertz CT molecular complexity index is 929. The van der Waals surface area contributed by atoms with Gasteiger partial charge in [0.2, 0.25) is 5.13 Å². The molecule has 3 heterocycles. The molecule has 2 aliphatic heterocycles. The molecule has 146 valence electrons. The number of anilines is 1. The molecule has 2 aromatic rings. The summed E-state index contributed by atoms with van der Waals surface area (Å²) in [6.45, 7) is 2.11. The molecule has 2 saturated heterocycles. The highest BCUT2D eigenvalue weighted by atomic mass is 32.1. The first-order valence-electron chi connectivity index (χ1n) is 8.96. The number of carboxylic acid groups (broad SMARTS) is 2. The number of likely N-dealkylation sites (tertiary alicyclic amines) is 1. The van der Waals surface area contributed by atoms with Crippen molar-refractivity contribution in [2.24, 2.45) is 11.8 Å². The molecule has 2 N–H and O–H groups in total. The standard InChI is InChI=1S/C19H20N4O4S/c1-22-8-12-9-23(10-14(12)16(22)13(18(26)27)7-15(24)25)19-20-17(21-28-19)11-5-3-2-4-6-11/h2-7,12,14,16H,8-10H2,1H3,(H,24,25)(H,26,27)/b13-7+. The van der Waals surface area contributed by atoms with E-state index in [2.05, 4.69) is 14.3 Å². The molecule has 3 unspecified atom stereocenters. The van der Waals surface area contributed by atoms with Crippen molar-refractivity contribution in [1.29, 1.82) is 0 Å². The molecule has 0 saturated carbocycles. The molecule has 3 atom stereocenters. The summed E-state index contributed by atoms with van der Waals surface area (Å²) in [7, 11) is 1.85. The van der Waals surface area contributed by atoms with Gasteiger partial charge in [0.15, 0.2) is 5.82 Å². The molecule has 0 bridgehead atoms. The number of benzene rings is 1. The van der Waals surface area contributed by atoms with Gasteiger partial charge in [-0.15, -0.1) is 0 Å². The number of likely N-dealkylation sites (N-methyl/N-ethyl adjacent to an activating group) is 1. The zero-order valence-electron chi connectivity index (χ0n) is 15.2. The maximum Gasteiger partial charge on any atom is 0.333 e. The molecule has 1 aromatic heterocycles. The van der Waals surface area contributed by atoms with Crippen LogP contribution in [0.15, 0.2) is 42.0 Å². The second kappa shape index (κ2) is 7.33. The Morgan fingerprint density at radius 3 is 2.61 bits per heavy atom. The normalized spacial score (nSPS) is 25.1. The highest BCUT2D eigenvalue weighted by Crippen LogP contribution is 2.41. The number of nitrogens with zero attached hydrogens (tertiary/aromatic N) is 4. The smallest absolute Gasteiger partial charge is 0.333 e. The molecule has 0 aliphatic carbocycles. The summed E-state index contributed by atoms with van der Waals surface area (Å²) in [5, 5.41) is 19.4. The molecule has 2 aliphatic rings. The van der Waals surface area contributed by atoms with Gasteiger partial charge in [0.1, 0.15) is 0 Å². The topological polar surface area (TPSA) is 107 Å². The van der Waals surface area contributed by atoms with Crippen molar-refractivity contribution in [3.8, 4) is 11.4 Å². The van der Waals surface area contributed by atoms with E-state index < -0.39 is 18.0 Å². The van der Waals surface area contributed by atoms with Crippen LogP contribution in [0.1, 0.15) is 0 Å². The summed E-state index contributed by atoms with van der Waals surface area (Å²) in [5.74, 6) is -1.43. The van der Waals surface area contributed by atoms with E-state index in [0.717, 1.165) is 29.9 Å². The second-order valence-electron chi connectivity index (χ2n) is 7.22. The average Bonchev–Trinajstić information content (AvgIpc) is 3.34. The highest BCUT2D eigenvalue weighted by Gasteiger charge is 2.49. The molecule has 4 rings (SSSR count). The van der Waals surface area contributed by atoms with E-state index in [0.29, 0.717) is 12.4 Å². The third kappa shape index (κ3) is 3.38. The number of hydrogen-bond donors (Lipinski definition) is 2. The number of carbonyl (C=O) groups is 2. The highest BCUT2D eigenvalue weighted by molar-refractivity contribution is 7.09. The van der Waals surface area contributed by atoms with E-state index >= 15 is 0 Å². The van der Waals surface area contributed by atoms with E-state index in [9.17, 15) is 14.7 Å². The van der Waals surface area contributed by atoms with Crippen LogP contribution in [-0.4, -0.2) is 69.1 Å². The fourth-order valence-electron chi connectivity index (χ4n) is 4.34. The molecule has 0 spiro atoms. The SMILES string of the molecule is CN1CC2CN(c3nc(-c4ccccc4)ns3)CC2C1/C(=C\C(=O)O)C(=O)O. The predicted octanol–water partition coefficient (Wildman–Crippen LogP) is 1.67. The Morgan fingerprint density at radius 1 is 1.18 bits per heavy atom. The van der Waals surface area contributed by atoms with Crippen molar-refractivity contribution in [3.05, 3.63) is 42.0 Å². The van der Waals surface area contributed by atoms with Crippen LogP contribution in [0.2, 0.25) is 0 Å². The largest absolute Gasteiger partial charge is 0.478 e. The van der Waals surface area contributed by atoms with Crippen molar-refractivity contribution in [1.82, 2.24) is 14.3 Å². The van der Waals surface area contributed by atoms with Gasteiger partial charge in [0, 0.05) is 54.8 Å². The van der Waals surface area contributed by atoms with Gasteiger partial charge in [0.25, 0.3) is 0 Å². The van der Waals surface area contributed by atoms with Crippen LogP contribution >= 0.6 is 11.5 Å². The molecule has 9 heteroatoms. The molecule has 1 aromatic carbocycles. The van der Waals surface area contributed by atoms with Crippen LogP contribution in [-0.2, 0) is 9.59 Å². The maximum absolute atomic E-state index is 11.7. The minimum atomic E-state index is -1.24. The van der Waals surface area contributed by atoms with Crippen molar-refractivity contribution in [2.45, 2.75) is 6.04 Å². The quantitative estimate of drug-likeness (QED) is 0.730. The third-order valence-corrected chi connectivity index (χ3v) is 6.23. The Kier molecular flexibility index (Phi) is 4.86. The van der Waals surface area contributed by atoms with Gasteiger partial charge in [0.05, 0.1) is 5.57 Å². The lowest BCUT2D eigenvalue weighted by atomic mass is 9.89. The molecule has 8 nitrogen and oxygen atoms in total. The minimum absolute atomic E-state index is 0.0378. The number of carboxylic acids is 2. The number of aromatic nitrogens is 2. The lowest BCUT2D eigenvalue weighted by Crippen LogP contribution is -2.38. The van der Waals surface area contributed by atoms with Crippen molar-refractivity contribution >= 4 is 28.6 Å². The van der Waals surface area contributed by atoms with Gasteiger partial charge in [-0.3, -0.25) is 4.90 Å². The summed E-state index contributed by atoms with van der Waals surface area (Å²) < 4.78 is 4.46. The maximum atomic E-state index is 11.7. The van der Waals surface area contributed by atoms with Gasteiger partial charge in [-0.1, -0.05) is 30.3 Å². The zero-order valence-corrected chi connectivity index (χ0v) is 16.0. The zero-order chi connectivity index (χ0) is 19.8. The average molecular weight is 400 g/mol.